The molecule has 2 N–H and O–H groups in total. The lowest BCUT2D eigenvalue weighted by Gasteiger charge is -2.24. The van der Waals surface area contributed by atoms with Crippen LogP contribution in [0.5, 0.6) is 0 Å². The summed E-state index contributed by atoms with van der Waals surface area (Å²) in [5, 5.41) is 8.04. The molecule has 0 saturated carbocycles. The van der Waals surface area contributed by atoms with E-state index >= 15 is 0 Å². The molecule has 0 bridgehead atoms. The second-order valence-corrected chi connectivity index (χ2v) is 11.0. The predicted molar refractivity (Wildman–Crippen MR) is 148 cm³/mol. The summed E-state index contributed by atoms with van der Waals surface area (Å²) in [5.74, 6) is -2.64. The SMILES string of the molecule is CC(C)C[C@H](NC(=O)[C@H](CC(=O)OC(C)(C)C)NC(=O)OCC1c2ccccc2-c2ccccc21)C(=O)N=[N+]=[N-]. The first kappa shape index (κ1) is 30.2. The van der Waals surface area contributed by atoms with Crippen LogP contribution in [-0.4, -0.2) is 48.2 Å². The van der Waals surface area contributed by atoms with Gasteiger partial charge in [0, 0.05) is 10.8 Å². The van der Waals surface area contributed by atoms with E-state index in [-0.39, 0.29) is 24.9 Å². The third kappa shape index (κ3) is 8.07. The number of carbonyl (C=O) groups excluding carboxylic acids is 4. The van der Waals surface area contributed by atoms with Crippen molar-refractivity contribution in [3.05, 3.63) is 70.1 Å². The van der Waals surface area contributed by atoms with Crippen LogP contribution in [0.2, 0.25) is 0 Å². The van der Waals surface area contributed by atoms with Crippen molar-refractivity contribution in [2.24, 2.45) is 11.0 Å². The van der Waals surface area contributed by atoms with Gasteiger partial charge in [0.15, 0.2) is 0 Å². The number of fused-ring (bicyclic) bond motifs is 3. The van der Waals surface area contributed by atoms with Crippen molar-refractivity contribution in [2.45, 2.75) is 71.1 Å². The number of esters is 1. The van der Waals surface area contributed by atoms with Crippen LogP contribution < -0.4 is 10.6 Å². The first-order chi connectivity index (χ1) is 18.9. The molecular formula is C29H35N5O6. The minimum atomic E-state index is -1.40. The van der Waals surface area contributed by atoms with Crippen LogP contribution in [0.4, 0.5) is 4.79 Å². The molecule has 3 amide bonds. The first-order valence-electron chi connectivity index (χ1n) is 13.1. The maximum absolute atomic E-state index is 13.2. The van der Waals surface area contributed by atoms with Gasteiger partial charge in [-0.05, 0) is 66.0 Å². The monoisotopic (exact) mass is 549 g/mol. The molecule has 0 aliphatic heterocycles. The summed E-state index contributed by atoms with van der Waals surface area (Å²) in [6.45, 7) is 8.69. The van der Waals surface area contributed by atoms with E-state index in [1.54, 1.807) is 20.8 Å². The second kappa shape index (κ2) is 13.1. The van der Waals surface area contributed by atoms with E-state index in [2.05, 4.69) is 20.7 Å². The fourth-order valence-electron chi connectivity index (χ4n) is 4.62. The summed E-state index contributed by atoms with van der Waals surface area (Å²) >= 11 is 0. The summed E-state index contributed by atoms with van der Waals surface area (Å²) in [6.07, 6.45) is -1.22. The van der Waals surface area contributed by atoms with Crippen LogP contribution in [0.25, 0.3) is 21.6 Å². The Labute approximate surface area is 233 Å². The van der Waals surface area contributed by atoms with E-state index < -0.39 is 48.0 Å². The van der Waals surface area contributed by atoms with Crippen molar-refractivity contribution in [3.63, 3.8) is 0 Å². The molecule has 0 saturated heterocycles. The fraction of sp³-hybridized carbons (Fsp3) is 0.448. The van der Waals surface area contributed by atoms with Gasteiger partial charge >= 0.3 is 12.1 Å². The van der Waals surface area contributed by atoms with Crippen molar-refractivity contribution >= 4 is 23.9 Å². The fourth-order valence-corrected chi connectivity index (χ4v) is 4.62. The minimum Gasteiger partial charge on any atom is -0.460 e. The largest absolute Gasteiger partial charge is 0.460 e. The average molecular weight is 550 g/mol. The number of benzene rings is 2. The molecule has 2 atom stereocenters. The van der Waals surface area contributed by atoms with Gasteiger partial charge in [0.2, 0.25) is 11.8 Å². The molecule has 2 aromatic rings. The lowest BCUT2D eigenvalue weighted by molar-refractivity contribution is -0.156. The van der Waals surface area contributed by atoms with E-state index in [0.717, 1.165) is 22.3 Å². The molecule has 0 fully saturated rings. The highest BCUT2D eigenvalue weighted by Gasteiger charge is 2.32. The van der Waals surface area contributed by atoms with E-state index in [1.165, 1.54) is 0 Å². The van der Waals surface area contributed by atoms with Gasteiger partial charge in [-0.15, -0.1) is 0 Å². The smallest absolute Gasteiger partial charge is 0.407 e. The molecule has 0 heterocycles. The lowest BCUT2D eigenvalue weighted by atomic mass is 9.98. The molecule has 0 aromatic heterocycles. The van der Waals surface area contributed by atoms with Crippen LogP contribution in [-0.2, 0) is 23.9 Å². The number of nitrogens with zero attached hydrogens (tertiary/aromatic N) is 3. The predicted octanol–water partition coefficient (Wildman–Crippen LogP) is 4.99. The third-order valence-corrected chi connectivity index (χ3v) is 6.21. The number of azide groups is 1. The number of hydrogen-bond donors (Lipinski definition) is 2. The molecule has 11 nitrogen and oxygen atoms in total. The van der Waals surface area contributed by atoms with Gasteiger partial charge in [-0.25, -0.2) is 4.79 Å². The van der Waals surface area contributed by atoms with Crippen LogP contribution in [0, 0.1) is 5.92 Å². The molecule has 2 aromatic carbocycles. The van der Waals surface area contributed by atoms with Gasteiger partial charge in [-0.3, -0.25) is 14.4 Å². The van der Waals surface area contributed by atoms with Gasteiger partial charge in [0.25, 0.3) is 0 Å². The Morgan fingerprint density at radius 1 is 0.950 bits per heavy atom. The van der Waals surface area contributed by atoms with Crippen LogP contribution in [0.1, 0.15) is 64.5 Å². The van der Waals surface area contributed by atoms with Crippen LogP contribution in [0.3, 0.4) is 0 Å². The average Bonchev–Trinajstić information content (AvgIpc) is 3.19. The molecule has 3 rings (SSSR count). The Morgan fingerprint density at radius 2 is 1.52 bits per heavy atom. The summed E-state index contributed by atoms with van der Waals surface area (Å²) in [4.78, 5) is 53.5. The number of rotatable bonds is 10. The van der Waals surface area contributed by atoms with Crippen molar-refractivity contribution in [1.29, 1.82) is 0 Å². The highest BCUT2D eigenvalue weighted by Crippen LogP contribution is 2.44. The highest BCUT2D eigenvalue weighted by atomic mass is 16.6. The van der Waals surface area contributed by atoms with Gasteiger partial charge in [0.05, 0.1) is 12.5 Å². The Hall–Kier alpha value is -4.37. The molecule has 1 aliphatic carbocycles. The summed E-state index contributed by atoms with van der Waals surface area (Å²) in [7, 11) is 0. The molecule has 1 aliphatic rings. The van der Waals surface area contributed by atoms with Gasteiger partial charge in [0.1, 0.15) is 18.2 Å². The van der Waals surface area contributed by atoms with E-state index in [0.29, 0.717) is 0 Å². The van der Waals surface area contributed by atoms with Crippen molar-refractivity contribution in [2.75, 3.05) is 6.61 Å². The number of hydrogen-bond acceptors (Lipinski definition) is 6. The minimum absolute atomic E-state index is 0.00593. The molecular weight excluding hydrogens is 514 g/mol. The topological polar surface area (TPSA) is 160 Å². The van der Waals surface area contributed by atoms with Gasteiger partial charge in [-0.1, -0.05) is 62.4 Å². The molecule has 0 unspecified atom stereocenters. The van der Waals surface area contributed by atoms with E-state index in [4.69, 9.17) is 15.0 Å². The van der Waals surface area contributed by atoms with Crippen LogP contribution >= 0.6 is 0 Å². The van der Waals surface area contributed by atoms with Crippen molar-refractivity contribution < 1.29 is 28.7 Å². The van der Waals surface area contributed by atoms with Crippen molar-refractivity contribution in [1.82, 2.24) is 10.6 Å². The maximum atomic E-state index is 13.2. The normalized spacial score (nSPS) is 13.8. The number of amides is 3. The lowest BCUT2D eigenvalue weighted by Crippen LogP contribution is -2.52. The van der Waals surface area contributed by atoms with Gasteiger partial charge in [-0.2, -0.15) is 0 Å². The zero-order chi connectivity index (χ0) is 29.4. The number of alkyl carbamates (subject to hydrolysis) is 1. The van der Waals surface area contributed by atoms with E-state index in [1.807, 2.05) is 62.4 Å². The summed E-state index contributed by atoms with van der Waals surface area (Å²) < 4.78 is 10.9. The standard InChI is InChI=1S/C29H35N5O6/c1-17(2)14-23(27(37)33-34-30)31-26(36)24(15-25(35)40-29(3,4)5)32-28(38)39-16-22-20-12-8-6-10-18(20)19-11-7-9-13-21(19)22/h6-13,17,22-24H,14-16H2,1-5H3,(H,31,36)(H,32,38)/t23-,24-/m0/s1. The highest BCUT2D eigenvalue weighted by molar-refractivity contribution is 5.93. The zero-order valence-electron chi connectivity index (χ0n) is 23.3. The van der Waals surface area contributed by atoms with Crippen LogP contribution in [0.15, 0.2) is 53.6 Å². The number of nitrogens with one attached hydrogen (secondary N) is 2. The summed E-state index contributed by atoms with van der Waals surface area (Å²) in [5.41, 5.74) is 12.0. The Kier molecular flexibility index (Phi) is 9.90. The Morgan fingerprint density at radius 3 is 2.05 bits per heavy atom. The number of carbonyl (C=O) groups is 4. The summed E-state index contributed by atoms with van der Waals surface area (Å²) in [6, 6.07) is 13.2. The Bertz CT molecular complexity index is 1270. The third-order valence-electron chi connectivity index (χ3n) is 6.21. The first-order valence-corrected chi connectivity index (χ1v) is 13.1. The number of ether oxygens (including phenoxy) is 2. The molecule has 0 spiro atoms. The molecule has 40 heavy (non-hydrogen) atoms. The van der Waals surface area contributed by atoms with Gasteiger partial charge < -0.3 is 20.1 Å². The van der Waals surface area contributed by atoms with E-state index in [9.17, 15) is 19.2 Å². The quantitative estimate of drug-likeness (QED) is 0.184. The second-order valence-electron chi connectivity index (χ2n) is 11.0. The van der Waals surface area contributed by atoms with Crippen molar-refractivity contribution in [3.8, 4) is 11.1 Å². The molecule has 11 heteroatoms. The molecule has 212 valence electrons. The zero-order valence-corrected chi connectivity index (χ0v) is 23.3. The maximum Gasteiger partial charge on any atom is 0.407 e. The Balaban J connectivity index is 1.75. The molecule has 0 radical (unpaired) electrons.